The minimum atomic E-state index is -0.156. The van der Waals surface area contributed by atoms with Gasteiger partial charge in [-0.2, -0.15) is 0 Å². The summed E-state index contributed by atoms with van der Waals surface area (Å²) in [6.45, 7) is 0. The van der Waals surface area contributed by atoms with Crippen molar-refractivity contribution in [2.24, 2.45) is 0 Å². The molecule has 4 aromatic carbocycles. The quantitative estimate of drug-likeness (QED) is 0.381. The maximum absolute atomic E-state index is 13.0. The highest BCUT2D eigenvalue weighted by molar-refractivity contribution is 6.05. The Kier molecular flexibility index (Phi) is 5.99. The highest BCUT2D eigenvalue weighted by Gasteiger charge is 2.19. The van der Waals surface area contributed by atoms with Gasteiger partial charge >= 0.3 is 0 Å². The smallest absolute Gasteiger partial charge is 0.255 e. The minimum absolute atomic E-state index is 0.0492. The normalized spacial score (nSPS) is 10.7. The van der Waals surface area contributed by atoms with Crippen molar-refractivity contribution in [3.05, 3.63) is 125 Å². The van der Waals surface area contributed by atoms with Gasteiger partial charge in [-0.3, -0.25) is 4.79 Å². The third-order valence-corrected chi connectivity index (χ3v) is 5.31. The van der Waals surface area contributed by atoms with Crippen LogP contribution >= 0.6 is 0 Å². The zero-order valence-corrected chi connectivity index (χ0v) is 16.9. The number of anilines is 1. The van der Waals surface area contributed by atoms with Crippen LogP contribution in [0.15, 0.2) is 103 Å². The van der Waals surface area contributed by atoms with Gasteiger partial charge in [0.2, 0.25) is 0 Å². The average Bonchev–Trinajstić information content (AvgIpc) is 2.80. The number of nitrogens with one attached hydrogen (secondary N) is 1. The Morgan fingerprint density at radius 1 is 0.677 bits per heavy atom. The average molecular weight is 409 g/mol. The largest absolute Gasteiger partial charge is 0.508 e. The fraction of sp³-hybridized carbons (Fsp3) is 0.0741. The minimum Gasteiger partial charge on any atom is -0.508 e. The molecule has 0 radical (unpaired) electrons. The molecule has 0 aliphatic carbocycles. The maximum atomic E-state index is 13.0. The van der Waals surface area contributed by atoms with Crippen LogP contribution in [0.4, 0.5) is 5.69 Å². The molecule has 0 aliphatic rings. The molecule has 1 amide bonds. The van der Waals surface area contributed by atoms with E-state index in [1.807, 2.05) is 78.9 Å². The number of hydrogen-bond acceptors (Lipinski definition) is 3. The molecule has 0 fully saturated rings. The van der Waals surface area contributed by atoms with Crippen molar-refractivity contribution >= 4 is 11.6 Å². The number of amides is 1. The van der Waals surface area contributed by atoms with Gasteiger partial charge in [0.05, 0.1) is 0 Å². The van der Waals surface area contributed by atoms with Gasteiger partial charge in [0.1, 0.15) is 11.5 Å². The van der Waals surface area contributed by atoms with Gasteiger partial charge in [-0.1, -0.05) is 60.7 Å². The first kappa shape index (κ1) is 20.2. The Morgan fingerprint density at radius 3 is 1.77 bits per heavy atom. The van der Waals surface area contributed by atoms with Crippen molar-refractivity contribution in [3.8, 4) is 11.5 Å². The van der Waals surface area contributed by atoms with E-state index in [9.17, 15) is 15.0 Å². The van der Waals surface area contributed by atoms with Crippen molar-refractivity contribution in [1.29, 1.82) is 0 Å². The molecule has 0 heterocycles. The van der Waals surface area contributed by atoms with Crippen molar-refractivity contribution in [1.82, 2.24) is 0 Å². The lowest BCUT2D eigenvalue weighted by molar-refractivity contribution is 0.102. The zero-order chi connectivity index (χ0) is 21.6. The number of para-hydroxylation sites is 1. The molecular formula is C27H23NO3. The van der Waals surface area contributed by atoms with Crippen molar-refractivity contribution in [3.63, 3.8) is 0 Å². The summed E-state index contributed by atoms with van der Waals surface area (Å²) in [6.07, 6.45) is 0.591. The second-order valence-electron chi connectivity index (χ2n) is 7.42. The van der Waals surface area contributed by atoms with E-state index in [0.29, 0.717) is 12.0 Å². The highest BCUT2D eigenvalue weighted by atomic mass is 16.3. The molecule has 0 aromatic heterocycles. The monoisotopic (exact) mass is 409 g/mol. The molecule has 0 saturated heterocycles. The molecule has 4 rings (SSSR count). The molecule has 0 aliphatic heterocycles. The summed E-state index contributed by atoms with van der Waals surface area (Å²) in [5.74, 6) is 0.204. The van der Waals surface area contributed by atoms with Gasteiger partial charge in [0, 0.05) is 17.2 Å². The van der Waals surface area contributed by atoms with Crippen LogP contribution in [-0.2, 0) is 6.42 Å². The van der Waals surface area contributed by atoms with E-state index in [1.54, 1.807) is 24.3 Å². The SMILES string of the molecule is O=C(Nc1ccccc1)c1ccccc1CC(c1ccc(O)cc1)c1ccc(O)cc1. The standard InChI is InChI=1S/C27H23NO3/c29-23-14-10-19(11-15-23)26(20-12-16-24(30)17-13-20)18-21-6-4-5-9-25(21)27(31)28-22-7-2-1-3-8-22/h1-17,26,29-30H,18H2,(H,28,31). The van der Waals surface area contributed by atoms with E-state index >= 15 is 0 Å². The van der Waals surface area contributed by atoms with E-state index < -0.39 is 0 Å². The van der Waals surface area contributed by atoms with E-state index in [4.69, 9.17) is 0 Å². The first-order valence-electron chi connectivity index (χ1n) is 10.1. The lowest BCUT2D eigenvalue weighted by Gasteiger charge is -2.20. The van der Waals surface area contributed by atoms with Crippen LogP contribution in [0.2, 0.25) is 0 Å². The molecule has 4 nitrogen and oxygen atoms in total. The van der Waals surface area contributed by atoms with Gasteiger partial charge in [0.15, 0.2) is 0 Å². The third kappa shape index (κ3) is 4.93. The first-order chi connectivity index (χ1) is 15.1. The van der Waals surface area contributed by atoms with E-state index in [0.717, 1.165) is 22.4 Å². The summed E-state index contributed by atoms with van der Waals surface area (Å²) < 4.78 is 0. The third-order valence-electron chi connectivity index (χ3n) is 5.31. The molecule has 0 unspecified atom stereocenters. The Bertz CT molecular complexity index is 1110. The Morgan fingerprint density at radius 2 is 1.19 bits per heavy atom. The van der Waals surface area contributed by atoms with Crippen molar-refractivity contribution < 1.29 is 15.0 Å². The molecule has 0 bridgehead atoms. The van der Waals surface area contributed by atoms with Gasteiger partial charge in [0.25, 0.3) is 5.91 Å². The van der Waals surface area contributed by atoms with Gasteiger partial charge < -0.3 is 15.5 Å². The second kappa shape index (κ2) is 9.18. The molecular weight excluding hydrogens is 386 g/mol. The van der Waals surface area contributed by atoms with Crippen LogP contribution in [0.1, 0.15) is 33.0 Å². The molecule has 0 spiro atoms. The van der Waals surface area contributed by atoms with Gasteiger partial charge in [-0.25, -0.2) is 0 Å². The van der Waals surface area contributed by atoms with Crippen LogP contribution in [0, 0.1) is 0 Å². The Hall–Kier alpha value is -4.05. The lowest BCUT2D eigenvalue weighted by Crippen LogP contribution is -2.16. The Labute approximate surface area is 181 Å². The lowest BCUT2D eigenvalue weighted by atomic mass is 9.84. The number of benzene rings is 4. The van der Waals surface area contributed by atoms with Crippen molar-refractivity contribution in [2.45, 2.75) is 12.3 Å². The summed E-state index contributed by atoms with van der Waals surface area (Å²) in [5, 5.41) is 22.4. The molecule has 3 N–H and O–H groups in total. The van der Waals surface area contributed by atoms with Gasteiger partial charge in [-0.05, 0) is 65.6 Å². The number of aromatic hydroxyl groups is 2. The summed E-state index contributed by atoms with van der Waals surface area (Å²) in [6, 6.07) is 31.2. The highest BCUT2D eigenvalue weighted by Crippen LogP contribution is 2.32. The van der Waals surface area contributed by atoms with Crippen molar-refractivity contribution in [2.75, 3.05) is 5.32 Å². The molecule has 31 heavy (non-hydrogen) atoms. The molecule has 4 aromatic rings. The molecule has 0 saturated carbocycles. The van der Waals surface area contributed by atoms with Crippen LogP contribution in [0.3, 0.4) is 0 Å². The first-order valence-corrected chi connectivity index (χ1v) is 10.1. The number of phenolic OH excluding ortho intramolecular Hbond substituents is 2. The zero-order valence-electron chi connectivity index (χ0n) is 16.9. The molecule has 0 atom stereocenters. The summed E-state index contributed by atoms with van der Waals surface area (Å²) in [5.41, 5.74) is 4.32. The predicted octanol–water partition coefficient (Wildman–Crippen LogP) is 5.72. The maximum Gasteiger partial charge on any atom is 0.255 e. The number of carbonyl (C=O) groups excluding carboxylic acids is 1. The van der Waals surface area contributed by atoms with Crippen LogP contribution in [0.5, 0.6) is 11.5 Å². The van der Waals surface area contributed by atoms with Crippen LogP contribution in [-0.4, -0.2) is 16.1 Å². The van der Waals surface area contributed by atoms with E-state index in [1.165, 1.54) is 0 Å². The molecule has 154 valence electrons. The summed E-state index contributed by atoms with van der Waals surface area (Å²) >= 11 is 0. The van der Waals surface area contributed by atoms with Crippen LogP contribution < -0.4 is 5.32 Å². The predicted molar refractivity (Wildman–Crippen MR) is 123 cm³/mol. The molecule has 4 heteroatoms. The number of hydrogen-bond donors (Lipinski definition) is 3. The number of phenols is 2. The van der Waals surface area contributed by atoms with E-state index in [-0.39, 0.29) is 23.3 Å². The Balaban J connectivity index is 1.68. The van der Waals surface area contributed by atoms with Crippen LogP contribution in [0.25, 0.3) is 0 Å². The number of carbonyl (C=O) groups is 1. The fourth-order valence-electron chi connectivity index (χ4n) is 3.70. The topological polar surface area (TPSA) is 69.6 Å². The van der Waals surface area contributed by atoms with E-state index in [2.05, 4.69) is 5.32 Å². The van der Waals surface area contributed by atoms with Gasteiger partial charge in [-0.15, -0.1) is 0 Å². The number of rotatable bonds is 6. The summed E-state index contributed by atoms with van der Waals surface area (Å²) in [4.78, 5) is 13.0. The second-order valence-corrected chi connectivity index (χ2v) is 7.42. The summed E-state index contributed by atoms with van der Waals surface area (Å²) in [7, 11) is 0. The fourth-order valence-corrected chi connectivity index (χ4v) is 3.70.